The molecule has 1 aromatic heterocycles. The zero-order chi connectivity index (χ0) is 15.6. The van der Waals surface area contributed by atoms with Gasteiger partial charge in [-0.2, -0.15) is 0 Å². The predicted molar refractivity (Wildman–Crippen MR) is 78.3 cm³/mol. The van der Waals surface area contributed by atoms with Crippen molar-refractivity contribution in [3.05, 3.63) is 65.9 Å². The smallest absolute Gasteiger partial charge is 0.297 e. The molecule has 0 aliphatic heterocycles. The summed E-state index contributed by atoms with van der Waals surface area (Å²) in [7, 11) is 0. The molecule has 0 unspecified atom stereocenters. The van der Waals surface area contributed by atoms with E-state index in [1.807, 2.05) is 6.92 Å². The van der Waals surface area contributed by atoms with Gasteiger partial charge in [0.2, 0.25) is 0 Å². The molecule has 2 aromatic rings. The normalized spacial score (nSPS) is 10.6. The summed E-state index contributed by atoms with van der Waals surface area (Å²) < 4.78 is 0.917. The van der Waals surface area contributed by atoms with Crippen LogP contribution in [0, 0.1) is 10.1 Å². The summed E-state index contributed by atoms with van der Waals surface area (Å²) in [6.07, 6.45) is 1.13. The topological polar surface area (TPSA) is 98.0 Å². The Morgan fingerprint density at radius 2 is 1.90 bits per heavy atom. The summed E-state index contributed by atoms with van der Waals surface area (Å²) in [4.78, 5) is 36.7. The highest BCUT2D eigenvalue weighted by molar-refractivity contribution is 6.30. The first-order chi connectivity index (χ1) is 9.95. The molecule has 110 valence electrons. The zero-order valence-electron chi connectivity index (χ0n) is 11.1. The van der Waals surface area contributed by atoms with E-state index in [9.17, 15) is 19.7 Å². The molecule has 1 N–H and O–H groups in total. The first kappa shape index (κ1) is 15.0. The van der Waals surface area contributed by atoms with Gasteiger partial charge in [0.1, 0.15) is 5.15 Å². The van der Waals surface area contributed by atoms with Crippen LogP contribution in [-0.2, 0) is 6.42 Å². The van der Waals surface area contributed by atoms with Crippen LogP contribution in [0.15, 0.2) is 33.9 Å². The lowest BCUT2D eigenvalue weighted by Gasteiger charge is -2.08. The first-order valence-electron chi connectivity index (χ1n) is 6.24. The molecule has 21 heavy (non-hydrogen) atoms. The molecule has 0 aliphatic carbocycles. The van der Waals surface area contributed by atoms with Gasteiger partial charge >= 0.3 is 5.69 Å². The van der Waals surface area contributed by atoms with Gasteiger partial charge < -0.3 is 0 Å². The van der Waals surface area contributed by atoms with E-state index in [-0.39, 0.29) is 16.5 Å². The Balaban J connectivity index is 2.63. The van der Waals surface area contributed by atoms with Gasteiger partial charge in [-0.15, -0.1) is 0 Å². The number of aromatic amines is 1. The number of aromatic nitrogens is 2. The molecule has 0 aliphatic rings. The number of non-ortho nitro benzene ring substituents is 1. The van der Waals surface area contributed by atoms with Crippen LogP contribution in [-0.4, -0.2) is 14.5 Å². The molecule has 0 saturated heterocycles. The van der Waals surface area contributed by atoms with Crippen LogP contribution < -0.4 is 11.2 Å². The standard InChI is InChI=1S/C13H12ClN3O4/c1-2-3-10-11(14)15-13(19)16(12(10)18)8-4-6-9(7-5-8)17(20)21/h4-7H,2-3H2,1H3,(H,15,19). The lowest BCUT2D eigenvalue weighted by molar-refractivity contribution is -0.384. The molecule has 2 rings (SSSR count). The Kier molecular flexibility index (Phi) is 4.23. The van der Waals surface area contributed by atoms with Crippen LogP contribution in [0.3, 0.4) is 0 Å². The third-order valence-corrected chi connectivity index (χ3v) is 3.29. The Bertz CT molecular complexity index is 793. The summed E-state index contributed by atoms with van der Waals surface area (Å²) >= 11 is 5.88. The molecule has 0 spiro atoms. The molecule has 0 radical (unpaired) electrons. The molecule has 0 bridgehead atoms. The fraction of sp³-hybridized carbons (Fsp3) is 0.231. The number of benzene rings is 1. The van der Waals surface area contributed by atoms with Crippen molar-refractivity contribution in [3.63, 3.8) is 0 Å². The minimum absolute atomic E-state index is 0.0324. The van der Waals surface area contributed by atoms with Crippen LogP contribution in [0.4, 0.5) is 5.69 Å². The van der Waals surface area contributed by atoms with Crippen LogP contribution in [0.5, 0.6) is 0 Å². The maximum atomic E-state index is 12.3. The molecule has 0 saturated carbocycles. The van der Waals surface area contributed by atoms with Gasteiger partial charge in [-0.05, 0) is 18.6 Å². The second-order valence-corrected chi connectivity index (χ2v) is 4.76. The van der Waals surface area contributed by atoms with Crippen molar-refractivity contribution in [3.8, 4) is 5.69 Å². The van der Waals surface area contributed by atoms with Crippen LogP contribution in [0.25, 0.3) is 5.69 Å². The van der Waals surface area contributed by atoms with E-state index in [1.165, 1.54) is 24.3 Å². The van der Waals surface area contributed by atoms with Gasteiger partial charge in [0, 0.05) is 12.1 Å². The molecule has 1 aromatic carbocycles. The number of nitro benzene ring substituents is 1. The maximum Gasteiger partial charge on any atom is 0.334 e. The van der Waals surface area contributed by atoms with E-state index in [2.05, 4.69) is 4.98 Å². The van der Waals surface area contributed by atoms with E-state index in [4.69, 9.17) is 11.6 Å². The third kappa shape index (κ3) is 2.87. The van der Waals surface area contributed by atoms with Gasteiger partial charge in [0.25, 0.3) is 11.2 Å². The summed E-state index contributed by atoms with van der Waals surface area (Å²) in [5, 5.41) is 10.7. The molecule has 0 atom stereocenters. The summed E-state index contributed by atoms with van der Waals surface area (Å²) in [6.45, 7) is 1.89. The molecule has 1 heterocycles. The minimum atomic E-state index is -0.682. The van der Waals surface area contributed by atoms with E-state index in [0.717, 1.165) is 4.57 Å². The highest BCUT2D eigenvalue weighted by Crippen LogP contribution is 2.14. The Morgan fingerprint density at radius 1 is 1.29 bits per heavy atom. The Hall–Kier alpha value is -2.41. The van der Waals surface area contributed by atoms with Crippen molar-refractivity contribution in [1.82, 2.24) is 9.55 Å². The highest BCUT2D eigenvalue weighted by atomic mass is 35.5. The van der Waals surface area contributed by atoms with Gasteiger partial charge in [0.15, 0.2) is 0 Å². The van der Waals surface area contributed by atoms with Crippen LogP contribution in [0.2, 0.25) is 5.15 Å². The number of rotatable bonds is 4. The number of H-pyrrole nitrogens is 1. The zero-order valence-corrected chi connectivity index (χ0v) is 11.9. The number of halogens is 1. The van der Waals surface area contributed by atoms with Crippen molar-refractivity contribution >= 4 is 17.3 Å². The van der Waals surface area contributed by atoms with Crippen molar-refractivity contribution in [2.24, 2.45) is 0 Å². The summed E-state index contributed by atoms with van der Waals surface area (Å²) in [5.74, 6) is 0. The maximum absolute atomic E-state index is 12.3. The lowest BCUT2D eigenvalue weighted by atomic mass is 10.2. The Morgan fingerprint density at radius 3 is 2.43 bits per heavy atom. The largest absolute Gasteiger partial charge is 0.334 e. The number of nitro groups is 1. The number of hydrogen-bond donors (Lipinski definition) is 1. The van der Waals surface area contributed by atoms with Crippen molar-refractivity contribution < 1.29 is 4.92 Å². The number of nitrogens with zero attached hydrogens (tertiary/aromatic N) is 2. The fourth-order valence-corrected chi connectivity index (χ4v) is 2.23. The average Bonchev–Trinajstić information content (AvgIpc) is 2.44. The van der Waals surface area contributed by atoms with Crippen molar-refractivity contribution in [2.75, 3.05) is 0 Å². The van der Waals surface area contributed by atoms with Gasteiger partial charge in [-0.3, -0.25) is 19.9 Å². The second kappa shape index (κ2) is 5.92. The van der Waals surface area contributed by atoms with E-state index < -0.39 is 16.2 Å². The molecule has 7 nitrogen and oxygen atoms in total. The molecular formula is C13H12ClN3O4. The minimum Gasteiger partial charge on any atom is -0.297 e. The lowest BCUT2D eigenvalue weighted by Crippen LogP contribution is -2.36. The van der Waals surface area contributed by atoms with Gasteiger partial charge in [-0.1, -0.05) is 24.9 Å². The Labute approximate surface area is 124 Å². The SMILES string of the molecule is CCCc1c(Cl)[nH]c(=O)n(-c2ccc([N+](=O)[O-])cc2)c1=O. The van der Waals surface area contributed by atoms with Gasteiger partial charge in [0.05, 0.1) is 16.2 Å². The van der Waals surface area contributed by atoms with Crippen molar-refractivity contribution in [2.45, 2.75) is 19.8 Å². The van der Waals surface area contributed by atoms with E-state index >= 15 is 0 Å². The van der Waals surface area contributed by atoms with Crippen LogP contribution >= 0.6 is 11.6 Å². The van der Waals surface area contributed by atoms with Crippen LogP contribution in [0.1, 0.15) is 18.9 Å². The summed E-state index contributed by atoms with van der Waals surface area (Å²) in [5.41, 5.74) is -0.748. The molecular weight excluding hydrogens is 298 g/mol. The quantitative estimate of drug-likeness (QED) is 0.531. The molecule has 0 fully saturated rings. The third-order valence-electron chi connectivity index (χ3n) is 2.96. The van der Waals surface area contributed by atoms with E-state index in [1.54, 1.807) is 0 Å². The van der Waals surface area contributed by atoms with Crippen molar-refractivity contribution in [1.29, 1.82) is 0 Å². The van der Waals surface area contributed by atoms with Gasteiger partial charge in [-0.25, -0.2) is 9.36 Å². The highest BCUT2D eigenvalue weighted by Gasteiger charge is 2.14. The monoisotopic (exact) mass is 309 g/mol. The average molecular weight is 310 g/mol. The summed E-state index contributed by atoms with van der Waals surface area (Å²) in [6, 6.07) is 5.15. The first-order valence-corrected chi connectivity index (χ1v) is 6.62. The fourth-order valence-electron chi connectivity index (χ4n) is 1.97. The second-order valence-electron chi connectivity index (χ2n) is 4.39. The number of hydrogen-bond acceptors (Lipinski definition) is 4. The molecule has 0 amide bonds. The number of nitrogens with one attached hydrogen (secondary N) is 1. The predicted octanol–water partition coefficient (Wildman–Crippen LogP) is 2.04. The van der Waals surface area contributed by atoms with E-state index in [0.29, 0.717) is 18.4 Å². The molecule has 8 heteroatoms.